The van der Waals surface area contributed by atoms with E-state index in [0.29, 0.717) is 0 Å². The van der Waals surface area contributed by atoms with Gasteiger partial charge in [0.1, 0.15) is 6.10 Å². The number of likely N-dealkylation sites (N-methyl/N-ethyl adjacent to an activating group) is 1. The minimum atomic E-state index is -3.80. The second kappa shape index (κ2) is 11.9. The van der Waals surface area contributed by atoms with E-state index in [1.165, 1.54) is 23.5 Å². The van der Waals surface area contributed by atoms with Crippen molar-refractivity contribution in [3.63, 3.8) is 0 Å². The molecule has 3 amide bonds. The molecule has 3 N–H and O–H groups in total. The van der Waals surface area contributed by atoms with E-state index in [1.54, 1.807) is 48.2 Å². The minimum absolute atomic E-state index is 0.000104. The van der Waals surface area contributed by atoms with Crippen molar-refractivity contribution < 1.29 is 27.9 Å². The number of anilines is 1. The smallest absolute Gasteiger partial charge is 0.319 e. The van der Waals surface area contributed by atoms with Gasteiger partial charge in [-0.05, 0) is 45.0 Å². The average Bonchev–Trinajstić information content (AvgIpc) is 2.85. The summed E-state index contributed by atoms with van der Waals surface area (Å²) < 4.78 is 34.0. The van der Waals surface area contributed by atoms with Crippen molar-refractivity contribution in [3.05, 3.63) is 54.1 Å². The topological polar surface area (TPSA) is 128 Å². The van der Waals surface area contributed by atoms with Gasteiger partial charge >= 0.3 is 6.03 Å². The van der Waals surface area contributed by atoms with Crippen LogP contribution in [0.2, 0.25) is 0 Å². The van der Waals surface area contributed by atoms with Crippen LogP contribution in [0.4, 0.5) is 10.5 Å². The number of nitrogens with zero attached hydrogens (tertiary/aromatic N) is 2. The Morgan fingerprint density at radius 2 is 1.84 bits per heavy atom. The summed E-state index contributed by atoms with van der Waals surface area (Å²) in [4.78, 5) is 27.7. The first kappa shape index (κ1) is 28.4. The minimum Gasteiger partial charge on any atom is -0.486 e. The first-order chi connectivity index (χ1) is 17.4. The molecule has 0 fully saturated rings. The van der Waals surface area contributed by atoms with Crippen molar-refractivity contribution in [1.29, 1.82) is 0 Å². The molecule has 0 bridgehead atoms. The van der Waals surface area contributed by atoms with Crippen LogP contribution >= 0.6 is 0 Å². The van der Waals surface area contributed by atoms with Gasteiger partial charge in [-0.15, -0.1) is 0 Å². The maximum Gasteiger partial charge on any atom is 0.319 e. The van der Waals surface area contributed by atoms with E-state index in [-0.39, 0.29) is 59.5 Å². The molecule has 3 atom stereocenters. The molecule has 11 heteroatoms. The number of nitrogens with one attached hydrogen (secondary N) is 2. The fraction of sp³-hybridized carbons (Fsp3) is 0.462. The second-order valence-electron chi connectivity index (χ2n) is 9.66. The summed E-state index contributed by atoms with van der Waals surface area (Å²) in [7, 11) is -2.31. The van der Waals surface area contributed by atoms with Crippen LogP contribution in [0, 0.1) is 5.92 Å². The van der Waals surface area contributed by atoms with Crippen LogP contribution in [0.15, 0.2) is 53.4 Å². The number of hydrogen-bond acceptors (Lipinski definition) is 6. The van der Waals surface area contributed by atoms with Crippen LogP contribution in [0.1, 0.15) is 38.1 Å². The average molecular weight is 533 g/mol. The number of hydrogen-bond donors (Lipinski definition) is 3. The molecule has 0 radical (unpaired) electrons. The SMILES string of the molecule is CC(C)NC(=O)Nc1cccc2c1O[C@@H](CN(C)S(=O)(=O)c1ccccc1)[C@@H](C)CN([C@H](C)CO)C2=O. The van der Waals surface area contributed by atoms with Gasteiger partial charge in [-0.1, -0.05) is 31.2 Å². The van der Waals surface area contributed by atoms with Gasteiger partial charge < -0.3 is 25.4 Å². The van der Waals surface area contributed by atoms with Crippen molar-refractivity contribution >= 4 is 27.6 Å². The molecule has 0 saturated heterocycles. The lowest BCUT2D eigenvalue weighted by Crippen LogP contribution is -2.50. The van der Waals surface area contributed by atoms with Gasteiger partial charge in [0.25, 0.3) is 5.91 Å². The first-order valence-corrected chi connectivity index (χ1v) is 13.7. The molecule has 202 valence electrons. The zero-order valence-electron chi connectivity index (χ0n) is 21.8. The van der Waals surface area contributed by atoms with E-state index >= 15 is 0 Å². The summed E-state index contributed by atoms with van der Waals surface area (Å²) in [5.41, 5.74) is 0.501. The Morgan fingerprint density at radius 1 is 1.16 bits per heavy atom. The summed E-state index contributed by atoms with van der Waals surface area (Å²) in [5.74, 6) is -0.499. The molecule has 3 rings (SSSR count). The fourth-order valence-electron chi connectivity index (χ4n) is 4.10. The van der Waals surface area contributed by atoms with Crippen molar-refractivity contribution in [1.82, 2.24) is 14.5 Å². The molecular formula is C26H36N4O6S. The van der Waals surface area contributed by atoms with E-state index in [1.807, 2.05) is 20.8 Å². The lowest BCUT2D eigenvalue weighted by molar-refractivity contribution is 0.0389. The quantitative estimate of drug-likeness (QED) is 0.480. The summed E-state index contributed by atoms with van der Waals surface area (Å²) in [6.07, 6.45) is -0.667. The number of fused-ring (bicyclic) bond motifs is 1. The molecular weight excluding hydrogens is 496 g/mol. The number of sulfonamides is 1. The third kappa shape index (κ3) is 6.60. The maximum absolute atomic E-state index is 13.5. The Kier molecular flexibility index (Phi) is 9.16. The number of carbonyl (C=O) groups is 2. The molecule has 2 aromatic rings. The highest BCUT2D eigenvalue weighted by Gasteiger charge is 2.36. The predicted molar refractivity (Wildman–Crippen MR) is 141 cm³/mol. The molecule has 1 heterocycles. The summed E-state index contributed by atoms with van der Waals surface area (Å²) in [6, 6.07) is 11.9. The van der Waals surface area contributed by atoms with Crippen LogP contribution in [0.25, 0.3) is 0 Å². The standard InChI is InChI=1S/C26H36N4O6S/c1-17(2)27-26(33)28-22-13-9-12-21-24(22)36-23(18(3)14-30(25(21)32)19(4)16-31)15-29(5)37(34,35)20-10-7-6-8-11-20/h6-13,17-19,23,31H,14-16H2,1-5H3,(H2,27,28,33)/t18-,19+,23-/m0/s1. The number of benzene rings is 2. The molecule has 0 spiro atoms. The Labute approximate surface area is 218 Å². The molecule has 10 nitrogen and oxygen atoms in total. The van der Waals surface area contributed by atoms with E-state index in [9.17, 15) is 23.1 Å². The monoisotopic (exact) mass is 532 g/mol. The Balaban J connectivity index is 2.02. The number of aliphatic hydroxyl groups is 1. The van der Waals surface area contributed by atoms with Crippen molar-refractivity contribution in [2.24, 2.45) is 5.92 Å². The normalized spacial score (nSPS) is 19.0. The van der Waals surface area contributed by atoms with Gasteiger partial charge in [0.15, 0.2) is 5.75 Å². The van der Waals surface area contributed by atoms with Gasteiger partial charge in [0.05, 0.1) is 35.3 Å². The van der Waals surface area contributed by atoms with Crippen LogP contribution in [-0.2, 0) is 10.0 Å². The van der Waals surface area contributed by atoms with Crippen LogP contribution in [0.5, 0.6) is 5.75 Å². The summed E-state index contributed by atoms with van der Waals surface area (Å²) in [6.45, 7) is 7.26. The number of ether oxygens (including phenoxy) is 1. The third-order valence-electron chi connectivity index (χ3n) is 6.25. The zero-order valence-corrected chi connectivity index (χ0v) is 22.7. The maximum atomic E-state index is 13.5. The lowest BCUT2D eigenvalue weighted by atomic mass is 9.99. The first-order valence-electron chi connectivity index (χ1n) is 12.3. The predicted octanol–water partition coefficient (Wildman–Crippen LogP) is 2.76. The molecule has 1 aliphatic heterocycles. The largest absolute Gasteiger partial charge is 0.486 e. The van der Waals surface area contributed by atoms with Gasteiger partial charge in [-0.25, -0.2) is 13.2 Å². The van der Waals surface area contributed by atoms with Crippen LogP contribution in [0.3, 0.4) is 0 Å². The Hall–Kier alpha value is -3.15. The highest BCUT2D eigenvalue weighted by Crippen LogP contribution is 2.35. The number of carbonyl (C=O) groups excluding carboxylic acids is 2. The van der Waals surface area contributed by atoms with Gasteiger partial charge in [-0.2, -0.15) is 4.31 Å². The fourth-order valence-corrected chi connectivity index (χ4v) is 5.31. The lowest BCUT2D eigenvalue weighted by Gasteiger charge is -2.38. The molecule has 0 unspecified atom stereocenters. The summed E-state index contributed by atoms with van der Waals surface area (Å²) >= 11 is 0. The molecule has 2 aromatic carbocycles. The van der Waals surface area contributed by atoms with Gasteiger partial charge in [0, 0.05) is 25.6 Å². The Bertz CT molecular complexity index is 1200. The zero-order chi connectivity index (χ0) is 27.3. The van der Waals surface area contributed by atoms with Gasteiger partial charge in [0.2, 0.25) is 10.0 Å². The number of rotatable bonds is 8. The molecule has 37 heavy (non-hydrogen) atoms. The van der Waals surface area contributed by atoms with Gasteiger partial charge in [-0.3, -0.25) is 4.79 Å². The third-order valence-corrected chi connectivity index (χ3v) is 8.09. The molecule has 1 aliphatic rings. The second-order valence-corrected chi connectivity index (χ2v) is 11.7. The van der Waals surface area contributed by atoms with E-state index in [0.717, 1.165) is 0 Å². The number of urea groups is 1. The Morgan fingerprint density at radius 3 is 2.46 bits per heavy atom. The summed E-state index contributed by atoms with van der Waals surface area (Å²) in [5, 5.41) is 15.3. The highest BCUT2D eigenvalue weighted by molar-refractivity contribution is 7.89. The van der Waals surface area contributed by atoms with Crippen molar-refractivity contribution in [2.45, 2.75) is 50.8 Å². The van der Waals surface area contributed by atoms with E-state index < -0.39 is 28.2 Å². The number of amides is 3. The molecule has 0 aromatic heterocycles. The van der Waals surface area contributed by atoms with Crippen molar-refractivity contribution in [3.8, 4) is 5.75 Å². The van der Waals surface area contributed by atoms with Crippen LogP contribution in [-0.4, -0.2) is 79.6 Å². The highest BCUT2D eigenvalue weighted by atomic mass is 32.2. The van der Waals surface area contributed by atoms with Crippen LogP contribution < -0.4 is 15.4 Å². The van der Waals surface area contributed by atoms with E-state index in [2.05, 4.69) is 10.6 Å². The van der Waals surface area contributed by atoms with E-state index in [4.69, 9.17) is 4.74 Å². The molecule has 0 aliphatic carbocycles. The number of para-hydroxylation sites is 1. The molecule has 0 saturated carbocycles. The number of aliphatic hydroxyl groups excluding tert-OH is 1. The van der Waals surface area contributed by atoms with Crippen molar-refractivity contribution in [2.75, 3.05) is 32.1 Å².